The van der Waals surface area contributed by atoms with Crippen molar-refractivity contribution in [2.75, 3.05) is 13.9 Å². The van der Waals surface area contributed by atoms with E-state index in [9.17, 15) is 9.59 Å². The largest absolute Gasteiger partial charge is 0.434 e. The van der Waals surface area contributed by atoms with Gasteiger partial charge in [0.15, 0.2) is 12.5 Å². The molecular weight excluding hydrogens is 274 g/mol. The fraction of sp³-hybridized carbons (Fsp3) is 0.400. The van der Waals surface area contributed by atoms with E-state index in [0.29, 0.717) is 0 Å². The van der Waals surface area contributed by atoms with Crippen LogP contribution in [0.4, 0.5) is 0 Å². The maximum absolute atomic E-state index is 11.7. The molecule has 0 heterocycles. The van der Waals surface area contributed by atoms with Crippen molar-refractivity contribution in [3.8, 4) is 0 Å². The molecule has 6 heteroatoms. The highest BCUT2D eigenvalue weighted by Crippen LogP contribution is 2.03. The molecule has 114 valence electrons. The molecule has 0 spiro atoms. The molecule has 1 aromatic rings. The summed E-state index contributed by atoms with van der Waals surface area (Å²) in [4.78, 5) is 27.9. The van der Waals surface area contributed by atoms with Crippen LogP contribution >= 0.6 is 0 Å². The molecule has 0 bridgehead atoms. The molecule has 0 saturated heterocycles. The zero-order chi connectivity index (χ0) is 15.5. The van der Waals surface area contributed by atoms with E-state index in [0.717, 1.165) is 5.56 Å². The van der Waals surface area contributed by atoms with E-state index in [1.54, 1.807) is 0 Å². The molecule has 0 unspecified atom stereocenters. The second-order valence-corrected chi connectivity index (χ2v) is 4.34. The second-order valence-electron chi connectivity index (χ2n) is 4.34. The summed E-state index contributed by atoms with van der Waals surface area (Å²) >= 11 is 0. The minimum absolute atomic E-state index is 0.0368. The van der Waals surface area contributed by atoms with Crippen molar-refractivity contribution >= 4 is 17.5 Å². The first-order chi connectivity index (χ1) is 10.1. The van der Waals surface area contributed by atoms with Crippen molar-refractivity contribution in [2.24, 2.45) is 5.16 Å². The molecule has 0 atom stereocenters. The second kappa shape index (κ2) is 9.66. The summed E-state index contributed by atoms with van der Waals surface area (Å²) in [7, 11) is 1.41. The summed E-state index contributed by atoms with van der Waals surface area (Å²) < 4.78 is 9.46. The first-order valence-electron chi connectivity index (χ1n) is 6.51. The molecule has 1 rings (SSSR count). The molecule has 0 fully saturated rings. The fourth-order valence-electron chi connectivity index (χ4n) is 1.43. The Morgan fingerprint density at radius 2 is 1.86 bits per heavy atom. The van der Waals surface area contributed by atoms with Crippen LogP contribution in [-0.4, -0.2) is 31.4 Å². The van der Waals surface area contributed by atoms with Gasteiger partial charge in [0.05, 0.1) is 0 Å². The number of hydrogen-bond donors (Lipinski definition) is 0. The Morgan fingerprint density at radius 3 is 2.48 bits per heavy atom. The maximum atomic E-state index is 11.7. The number of benzene rings is 1. The standard InChI is InChI=1S/C15H19NO5/c1-12(17)8-9-14(15(18)20-11-19-2)16-21-10-13-6-4-3-5-7-13/h3-7H,8-11H2,1-2H3. The average molecular weight is 293 g/mol. The highest BCUT2D eigenvalue weighted by molar-refractivity contribution is 6.36. The molecule has 0 aliphatic rings. The number of ketones is 1. The Labute approximate surface area is 123 Å². The Balaban J connectivity index is 2.58. The molecule has 0 aromatic heterocycles. The van der Waals surface area contributed by atoms with Crippen molar-refractivity contribution in [3.63, 3.8) is 0 Å². The lowest BCUT2D eigenvalue weighted by molar-refractivity contribution is -0.146. The molecule has 0 aliphatic carbocycles. The SMILES string of the molecule is COCOC(=O)C(CCC(C)=O)=NOCc1ccccc1. The van der Waals surface area contributed by atoms with Gasteiger partial charge in [-0.3, -0.25) is 0 Å². The summed E-state index contributed by atoms with van der Waals surface area (Å²) in [5.74, 6) is -0.684. The molecule has 0 amide bonds. The van der Waals surface area contributed by atoms with Crippen LogP contribution in [0.25, 0.3) is 0 Å². The van der Waals surface area contributed by atoms with Gasteiger partial charge in [-0.2, -0.15) is 0 Å². The Hall–Kier alpha value is -2.21. The van der Waals surface area contributed by atoms with Gasteiger partial charge in [0.2, 0.25) is 0 Å². The van der Waals surface area contributed by atoms with Gasteiger partial charge in [0.25, 0.3) is 0 Å². The topological polar surface area (TPSA) is 74.2 Å². The van der Waals surface area contributed by atoms with E-state index in [4.69, 9.17) is 9.57 Å². The van der Waals surface area contributed by atoms with Gasteiger partial charge < -0.3 is 19.1 Å². The van der Waals surface area contributed by atoms with Crippen molar-refractivity contribution in [2.45, 2.75) is 26.4 Å². The van der Waals surface area contributed by atoms with E-state index >= 15 is 0 Å². The Bertz CT molecular complexity index is 484. The fourth-order valence-corrected chi connectivity index (χ4v) is 1.43. The lowest BCUT2D eigenvalue weighted by Crippen LogP contribution is -2.20. The molecular formula is C15H19NO5. The monoisotopic (exact) mass is 293 g/mol. The van der Waals surface area contributed by atoms with Gasteiger partial charge in [-0.15, -0.1) is 0 Å². The van der Waals surface area contributed by atoms with Gasteiger partial charge in [0.1, 0.15) is 12.4 Å². The van der Waals surface area contributed by atoms with Gasteiger partial charge in [0, 0.05) is 20.0 Å². The molecule has 0 aliphatic heterocycles. The summed E-state index contributed by atoms with van der Waals surface area (Å²) in [6, 6.07) is 9.42. The molecule has 6 nitrogen and oxygen atoms in total. The zero-order valence-corrected chi connectivity index (χ0v) is 12.2. The predicted molar refractivity (Wildman–Crippen MR) is 76.5 cm³/mol. The van der Waals surface area contributed by atoms with Crippen LogP contribution in [0.1, 0.15) is 25.3 Å². The number of methoxy groups -OCH3 is 1. The lowest BCUT2D eigenvalue weighted by Gasteiger charge is -2.06. The summed E-state index contributed by atoms with van der Waals surface area (Å²) in [6.07, 6.45) is 0.377. The van der Waals surface area contributed by atoms with E-state index in [-0.39, 0.29) is 37.7 Å². The third-order valence-electron chi connectivity index (χ3n) is 2.51. The van der Waals surface area contributed by atoms with Crippen LogP contribution in [0.3, 0.4) is 0 Å². The van der Waals surface area contributed by atoms with Crippen LogP contribution in [-0.2, 0) is 30.5 Å². The molecule has 0 radical (unpaired) electrons. The number of nitrogens with zero attached hydrogens (tertiary/aromatic N) is 1. The number of hydrogen-bond acceptors (Lipinski definition) is 6. The zero-order valence-electron chi connectivity index (χ0n) is 12.2. The molecule has 1 aromatic carbocycles. The van der Waals surface area contributed by atoms with E-state index < -0.39 is 5.97 Å². The number of esters is 1. The molecule has 21 heavy (non-hydrogen) atoms. The normalized spacial score (nSPS) is 11.0. The van der Waals surface area contributed by atoms with Crippen LogP contribution in [0.2, 0.25) is 0 Å². The highest BCUT2D eigenvalue weighted by Gasteiger charge is 2.15. The van der Waals surface area contributed by atoms with Gasteiger partial charge in [-0.25, -0.2) is 4.79 Å². The Kier molecular flexibility index (Phi) is 7.74. The minimum Gasteiger partial charge on any atom is -0.434 e. The third kappa shape index (κ3) is 7.22. The summed E-state index contributed by atoms with van der Waals surface area (Å²) in [5, 5.41) is 3.78. The van der Waals surface area contributed by atoms with Crippen molar-refractivity contribution in [1.82, 2.24) is 0 Å². The highest BCUT2D eigenvalue weighted by atomic mass is 16.7. The van der Waals surface area contributed by atoms with Crippen molar-refractivity contribution in [1.29, 1.82) is 0 Å². The lowest BCUT2D eigenvalue weighted by atomic mass is 10.1. The number of carbonyl (C=O) groups excluding carboxylic acids is 2. The van der Waals surface area contributed by atoms with Crippen molar-refractivity contribution in [3.05, 3.63) is 35.9 Å². The van der Waals surface area contributed by atoms with Crippen molar-refractivity contribution < 1.29 is 23.9 Å². The number of oxime groups is 1. The van der Waals surface area contributed by atoms with E-state index in [1.807, 2.05) is 30.3 Å². The van der Waals surface area contributed by atoms with Crippen LogP contribution in [0.5, 0.6) is 0 Å². The summed E-state index contributed by atoms with van der Waals surface area (Å²) in [6.45, 7) is 1.52. The van der Waals surface area contributed by atoms with Crippen LogP contribution in [0, 0.1) is 0 Å². The molecule has 0 N–H and O–H groups in total. The van der Waals surface area contributed by atoms with E-state index in [1.165, 1.54) is 14.0 Å². The average Bonchev–Trinajstić information content (AvgIpc) is 2.49. The first kappa shape index (κ1) is 16.8. The first-order valence-corrected chi connectivity index (χ1v) is 6.51. The predicted octanol–water partition coefficient (Wildman–Crippen LogP) is 2.08. The quantitative estimate of drug-likeness (QED) is 0.301. The minimum atomic E-state index is -0.647. The van der Waals surface area contributed by atoms with Crippen LogP contribution < -0.4 is 0 Å². The number of Topliss-reactive ketones (excluding diaryl/α,β-unsaturated/α-hetero) is 1. The number of carbonyl (C=O) groups is 2. The van der Waals surface area contributed by atoms with Gasteiger partial charge in [-0.1, -0.05) is 35.5 Å². The number of rotatable bonds is 9. The maximum Gasteiger partial charge on any atom is 0.358 e. The Morgan fingerprint density at radius 1 is 1.14 bits per heavy atom. The molecule has 0 saturated carbocycles. The van der Waals surface area contributed by atoms with Crippen LogP contribution in [0.15, 0.2) is 35.5 Å². The van der Waals surface area contributed by atoms with Gasteiger partial charge >= 0.3 is 5.97 Å². The number of ether oxygens (including phenoxy) is 2. The smallest absolute Gasteiger partial charge is 0.358 e. The van der Waals surface area contributed by atoms with Gasteiger partial charge in [-0.05, 0) is 12.5 Å². The summed E-state index contributed by atoms with van der Waals surface area (Å²) in [5.41, 5.74) is 0.996. The van der Waals surface area contributed by atoms with E-state index in [2.05, 4.69) is 9.89 Å². The third-order valence-corrected chi connectivity index (χ3v) is 2.51.